The summed E-state index contributed by atoms with van der Waals surface area (Å²) in [5, 5.41) is -0.502. The Hall–Kier alpha value is -2.13. The second kappa shape index (κ2) is 6.16. The molecule has 0 aliphatic heterocycles. The van der Waals surface area contributed by atoms with Crippen molar-refractivity contribution >= 4 is 29.0 Å². The Balaban J connectivity index is 2.10. The van der Waals surface area contributed by atoms with E-state index in [9.17, 15) is 4.79 Å². The summed E-state index contributed by atoms with van der Waals surface area (Å²) in [6.45, 7) is 0. The van der Waals surface area contributed by atoms with Crippen molar-refractivity contribution in [2.75, 3.05) is 7.11 Å². The van der Waals surface area contributed by atoms with Crippen molar-refractivity contribution in [2.24, 2.45) is 0 Å². The van der Waals surface area contributed by atoms with E-state index >= 15 is 0 Å². The average molecular weight is 274 g/mol. The molecule has 19 heavy (non-hydrogen) atoms. The van der Waals surface area contributed by atoms with Gasteiger partial charge in [0.1, 0.15) is 5.75 Å². The first-order valence-corrected chi connectivity index (χ1v) is 6.05. The molecule has 2 aromatic rings. The summed E-state index contributed by atoms with van der Waals surface area (Å²) in [5.74, 6) is 0.820. The lowest BCUT2D eigenvalue weighted by molar-refractivity contribution is 0.108. The van der Waals surface area contributed by atoms with E-state index in [0.717, 1.165) is 17.0 Å². The summed E-state index contributed by atoms with van der Waals surface area (Å²) in [6.07, 6.45) is 5.26. The van der Waals surface area contributed by atoms with Gasteiger partial charge in [0.15, 0.2) is 0 Å². The number of hydrogen-bond donors (Lipinski definition) is 0. The molecule has 1 aromatic carbocycles. The monoisotopic (exact) mass is 273 g/mol. The van der Waals surface area contributed by atoms with Gasteiger partial charge >= 0.3 is 0 Å². The quantitative estimate of drug-likeness (QED) is 0.799. The van der Waals surface area contributed by atoms with Crippen molar-refractivity contribution in [2.45, 2.75) is 0 Å². The van der Waals surface area contributed by atoms with E-state index < -0.39 is 5.24 Å². The molecule has 3 nitrogen and oxygen atoms in total. The van der Waals surface area contributed by atoms with Crippen LogP contribution in [0.25, 0.3) is 12.2 Å². The van der Waals surface area contributed by atoms with Crippen LogP contribution in [0.4, 0.5) is 0 Å². The van der Waals surface area contributed by atoms with Crippen LogP contribution in [0.2, 0.25) is 0 Å². The third kappa shape index (κ3) is 3.66. The van der Waals surface area contributed by atoms with Crippen molar-refractivity contribution in [3.63, 3.8) is 0 Å². The third-order valence-electron chi connectivity index (χ3n) is 2.58. The minimum Gasteiger partial charge on any atom is -0.497 e. The Morgan fingerprint density at radius 3 is 2.42 bits per heavy atom. The number of carbonyl (C=O) groups is 1. The van der Waals surface area contributed by atoms with Gasteiger partial charge in [-0.1, -0.05) is 18.2 Å². The number of aromatic nitrogens is 1. The van der Waals surface area contributed by atoms with Crippen LogP contribution in [-0.2, 0) is 0 Å². The lowest BCUT2D eigenvalue weighted by Gasteiger charge is -1.99. The summed E-state index contributed by atoms with van der Waals surface area (Å²) in [5.41, 5.74) is 2.20. The average Bonchev–Trinajstić information content (AvgIpc) is 2.46. The molecule has 96 valence electrons. The molecule has 0 N–H and O–H groups in total. The normalized spacial score (nSPS) is 10.6. The van der Waals surface area contributed by atoms with Crippen molar-refractivity contribution in [1.29, 1.82) is 0 Å². The van der Waals surface area contributed by atoms with Crippen LogP contribution in [0.3, 0.4) is 0 Å². The number of methoxy groups -OCH3 is 1. The summed E-state index contributed by atoms with van der Waals surface area (Å²) < 4.78 is 5.09. The molecule has 0 atom stereocenters. The van der Waals surface area contributed by atoms with E-state index in [1.54, 1.807) is 19.2 Å². The Morgan fingerprint density at radius 2 is 1.89 bits per heavy atom. The van der Waals surface area contributed by atoms with Gasteiger partial charge in [-0.05, 0) is 47.5 Å². The van der Waals surface area contributed by atoms with Crippen LogP contribution >= 0.6 is 11.6 Å². The molecule has 1 aromatic heterocycles. The maximum absolute atomic E-state index is 10.9. The fraction of sp³-hybridized carbons (Fsp3) is 0.0667. The van der Waals surface area contributed by atoms with E-state index in [-0.39, 0.29) is 0 Å². The van der Waals surface area contributed by atoms with E-state index in [4.69, 9.17) is 16.3 Å². The van der Waals surface area contributed by atoms with Crippen LogP contribution in [0.15, 0.2) is 42.6 Å². The fourth-order valence-electron chi connectivity index (χ4n) is 1.52. The van der Waals surface area contributed by atoms with Crippen LogP contribution < -0.4 is 4.74 Å². The van der Waals surface area contributed by atoms with E-state index in [1.807, 2.05) is 36.4 Å². The van der Waals surface area contributed by atoms with Gasteiger partial charge in [0, 0.05) is 6.20 Å². The fourth-order valence-corrected chi connectivity index (χ4v) is 1.63. The maximum Gasteiger partial charge on any atom is 0.253 e. The molecule has 2 rings (SSSR count). The topological polar surface area (TPSA) is 39.2 Å². The summed E-state index contributed by atoms with van der Waals surface area (Å²) in [4.78, 5) is 15.0. The molecule has 0 saturated carbocycles. The number of carbonyl (C=O) groups excluding carboxylic acids is 1. The van der Waals surface area contributed by atoms with Gasteiger partial charge < -0.3 is 4.74 Å². The van der Waals surface area contributed by atoms with Crippen molar-refractivity contribution in [3.05, 3.63) is 59.4 Å². The van der Waals surface area contributed by atoms with Crippen LogP contribution in [-0.4, -0.2) is 17.3 Å². The number of halogens is 1. The lowest BCUT2D eigenvalue weighted by Crippen LogP contribution is -1.90. The predicted octanol–water partition coefficient (Wildman–Crippen LogP) is 3.64. The Labute approximate surface area is 116 Å². The number of ether oxygens (including phenoxy) is 1. The number of hydrogen-bond acceptors (Lipinski definition) is 3. The zero-order valence-corrected chi connectivity index (χ0v) is 11.1. The van der Waals surface area contributed by atoms with Crippen LogP contribution in [0.1, 0.15) is 21.6 Å². The zero-order chi connectivity index (χ0) is 13.7. The first-order chi connectivity index (χ1) is 9.19. The van der Waals surface area contributed by atoms with E-state index in [0.29, 0.717) is 5.56 Å². The predicted molar refractivity (Wildman–Crippen MR) is 76.3 cm³/mol. The van der Waals surface area contributed by atoms with Gasteiger partial charge in [0.25, 0.3) is 5.24 Å². The van der Waals surface area contributed by atoms with Gasteiger partial charge in [0.2, 0.25) is 0 Å². The highest BCUT2D eigenvalue weighted by atomic mass is 35.5. The molecule has 4 heteroatoms. The second-order valence-corrected chi connectivity index (χ2v) is 4.20. The van der Waals surface area contributed by atoms with Crippen molar-refractivity contribution in [1.82, 2.24) is 4.98 Å². The molecule has 0 bridgehead atoms. The molecular weight excluding hydrogens is 262 g/mol. The standard InChI is InChI=1S/C15H12ClNO2/c1-19-14-8-3-11(4-9-14)2-6-13-7-5-12(10-17-13)15(16)18/h2-10H,1H3/b6-2+. The minimum absolute atomic E-state index is 0.392. The zero-order valence-electron chi connectivity index (χ0n) is 10.3. The molecule has 0 saturated heterocycles. The molecule has 1 heterocycles. The highest BCUT2D eigenvalue weighted by Crippen LogP contribution is 2.13. The number of rotatable bonds is 4. The molecule has 0 fully saturated rings. The van der Waals surface area contributed by atoms with Crippen molar-refractivity contribution in [3.8, 4) is 5.75 Å². The summed E-state index contributed by atoms with van der Waals surface area (Å²) in [7, 11) is 1.63. The minimum atomic E-state index is -0.502. The first-order valence-electron chi connectivity index (χ1n) is 5.67. The third-order valence-corrected chi connectivity index (χ3v) is 2.79. The van der Waals surface area contributed by atoms with Crippen LogP contribution in [0.5, 0.6) is 5.75 Å². The Kier molecular flexibility index (Phi) is 4.31. The maximum atomic E-state index is 10.9. The largest absolute Gasteiger partial charge is 0.497 e. The SMILES string of the molecule is COc1ccc(/C=C/c2ccc(C(=O)Cl)cn2)cc1. The van der Waals surface area contributed by atoms with Crippen LogP contribution in [0, 0.1) is 0 Å². The van der Waals surface area contributed by atoms with Crippen molar-refractivity contribution < 1.29 is 9.53 Å². The molecule has 0 amide bonds. The number of pyridine rings is 1. The molecule has 0 aliphatic rings. The molecular formula is C15H12ClNO2. The smallest absolute Gasteiger partial charge is 0.253 e. The van der Waals surface area contributed by atoms with Gasteiger partial charge in [-0.25, -0.2) is 0 Å². The highest BCUT2D eigenvalue weighted by Gasteiger charge is 2.00. The van der Waals surface area contributed by atoms with Gasteiger partial charge in [-0.15, -0.1) is 0 Å². The molecule has 0 aliphatic carbocycles. The Bertz CT molecular complexity index is 589. The molecule has 0 radical (unpaired) electrons. The van der Waals surface area contributed by atoms with Gasteiger partial charge in [-0.3, -0.25) is 9.78 Å². The lowest BCUT2D eigenvalue weighted by atomic mass is 10.2. The molecule has 0 spiro atoms. The van der Waals surface area contributed by atoms with E-state index in [2.05, 4.69) is 4.98 Å². The van der Waals surface area contributed by atoms with Gasteiger partial charge in [-0.2, -0.15) is 0 Å². The van der Waals surface area contributed by atoms with Gasteiger partial charge in [0.05, 0.1) is 18.4 Å². The van der Waals surface area contributed by atoms with E-state index in [1.165, 1.54) is 6.20 Å². The second-order valence-electron chi connectivity index (χ2n) is 3.85. The summed E-state index contributed by atoms with van der Waals surface area (Å²) in [6, 6.07) is 11.1. The number of benzene rings is 1. The molecule has 0 unspecified atom stereocenters. The number of nitrogens with zero attached hydrogens (tertiary/aromatic N) is 1. The Morgan fingerprint density at radius 1 is 1.16 bits per heavy atom. The first kappa shape index (κ1) is 13.3. The highest BCUT2D eigenvalue weighted by molar-refractivity contribution is 6.67. The summed E-state index contributed by atoms with van der Waals surface area (Å²) >= 11 is 5.35.